The molecular formula is C23H29N5O5. The Bertz CT molecular complexity index is 1160. The molecule has 1 aromatic heterocycles. The number of aliphatic hydroxyl groups is 2. The molecular weight excluding hydrogens is 426 g/mol. The van der Waals surface area contributed by atoms with E-state index < -0.39 is 0 Å². The molecule has 0 spiro atoms. The summed E-state index contributed by atoms with van der Waals surface area (Å²) in [6.07, 6.45) is 0.759. The predicted octanol–water partition coefficient (Wildman–Crippen LogP) is 0.625. The second kappa shape index (κ2) is 10.2. The van der Waals surface area contributed by atoms with Crippen LogP contribution in [0.2, 0.25) is 0 Å². The average molecular weight is 456 g/mol. The van der Waals surface area contributed by atoms with E-state index in [0.717, 1.165) is 11.9 Å². The third-order valence-corrected chi connectivity index (χ3v) is 5.69. The van der Waals surface area contributed by atoms with Crippen molar-refractivity contribution in [3.63, 3.8) is 0 Å². The Morgan fingerprint density at radius 1 is 0.818 bits per heavy atom. The normalized spacial score (nSPS) is 12.4. The average Bonchev–Trinajstić information content (AvgIpc) is 3.17. The molecule has 3 aromatic rings. The maximum Gasteiger partial charge on any atom is 0.200 e. The standard InChI is InChI=1S/C23H29N5O5/c29-12-9-24-6-1-11-28-15-3-2-14(26-8-7-25-10-13-30)18-19(15)22(27-28)20-16(31)4-5-17(32)21(20)23(18)33/h2-5,24-26,29-32H,1,6-13H2. The van der Waals surface area contributed by atoms with Gasteiger partial charge in [0.05, 0.1) is 35.4 Å². The number of aryl methyl sites for hydroxylation is 1. The molecule has 1 aliphatic carbocycles. The van der Waals surface area contributed by atoms with Crippen LogP contribution in [0.4, 0.5) is 5.69 Å². The van der Waals surface area contributed by atoms with Gasteiger partial charge in [0.15, 0.2) is 5.78 Å². The van der Waals surface area contributed by atoms with Crippen LogP contribution in [0.25, 0.3) is 22.2 Å². The molecule has 0 radical (unpaired) electrons. The minimum absolute atomic E-state index is 0.0475. The van der Waals surface area contributed by atoms with Crippen molar-refractivity contribution in [2.24, 2.45) is 0 Å². The van der Waals surface area contributed by atoms with Crippen LogP contribution in [0.5, 0.6) is 11.5 Å². The van der Waals surface area contributed by atoms with Crippen molar-refractivity contribution in [3.8, 4) is 22.8 Å². The van der Waals surface area contributed by atoms with Gasteiger partial charge in [-0.1, -0.05) is 0 Å². The number of carbonyl (C=O) groups excluding carboxylic acids is 1. The first-order chi connectivity index (χ1) is 16.1. The molecule has 0 atom stereocenters. The second-order valence-corrected chi connectivity index (χ2v) is 7.86. The van der Waals surface area contributed by atoms with E-state index in [9.17, 15) is 15.0 Å². The van der Waals surface area contributed by atoms with E-state index in [2.05, 4.69) is 16.0 Å². The number of nitrogens with one attached hydrogen (secondary N) is 3. The van der Waals surface area contributed by atoms with E-state index >= 15 is 0 Å². The van der Waals surface area contributed by atoms with Crippen molar-refractivity contribution in [2.75, 3.05) is 51.3 Å². The molecule has 2 aromatic carbocycles. The Labute approximate surface area is 190 Å². The van der Waals surface area contributed by atoms with Gasteiger partial charge in [-0.05, 0) is 37.2 Å². The number of aromatic nitrogens is 2. The summed E-state index contributed by atoms with van der Waals surface area (Å²) in [6.45, 7) is 3.54. The molecule has 0 aliphatic heterocycles. The number of aliphatic hydroxyl groups excluding tert-OH is 2. The van der Waals surface area contributed by atoms with Crippen molar-refractivity contribution in [2.45, 2.75) is 13.0 Å². The minimum atomic E-state index is -0.369. The Morgan fingerprint density at radius 2 is 1.52 bits per heavy atom. The fourth-order valence-electron chi connectivity index (χ4n) is 4.22. The molecule has 0 fully saturated rings. The molecule has 1 aliphatic rings. The number of hydrogen-bond acceptors (Lipinski definition) is 9. The molecule has 33 heavy (non-hydrogen) atoms. The van der Waals surface area contributed by atoms with E-state index in [0.29, 0.717) is 61.6 Å². The van der Waals surface area contributed by atoms with Gasteiger partial charge >= 0.3 is 0 Å². The highest BCUT2D eigenvalue weighted by Gasteiger charge is 2.35. The molecule has 0 bridgehead atoms. The molecule has 1 heterocycles. The van der Waals surface area contributed by atoms with Gasteiger partial charge in [-0.25, -0.2) is 0 Å². The summed E-state index contributed by atoms with van der Waals surface area (Å²) in [6, 6.07) is 6.41. The van der Waals surface area contributed by atoms with Gasteiger partial charge < -0.3 is 36.4 Å². The topological polar surface area (TPSA) is 152 Å². The SMILES string of the molecule is O=C1c2c(O)ccc(O)c2-c2nn(CCCNCCO)c3ccc(NCCNCCO)c1c23. The molecule has 10 nitrogen and oxygen atoms in total. The van der Waals surface area contributed by atoms with E-state index in [1.165, 1.54) is 12.1 Å². The molecule has 0 unspecified atom stereocenters. The number of ketones is 1. The third-order valence-electron chi connectivity index (χ3n) is 5.69. The maximum absolute atomic E-state index is 13.5. The predicted molar refractivity (Wildman–Crippen MR) is 125 cm³/mol. The van der Waals surface area contributed by atoms with Crippen molar-refractivity contribution >= 4 is 22.4 Å². The number of benzene rings is 2. The van der Waals surface area contributed by atoms with Crippen LogP contribution in [0.15, 0.2) is 24.3 Å². The fraction of sp³-hybridized carbons (Fsp3) is 0.391. The van der Waals surface area contributed by atoms with E-state index in [-0.39, 0.29) is 41.6 Å². The number of aromatic hydroxyl groups is 2. The summed E-state index contributed by atoms with van der Waals surface area (Å²) in [4.78, 5) is 13.5. The Balaban J connectivity index is 1.75. The van der Waals surface area contributed by atoms with E-state index in [1.807, 2.05) is 16.8 Å². The van der Waals surface area contributed by atoms with Crippen LogP contribution in [0.1, 0.15) is 22.3 Å². The van der Waals surface area contributed by atoms with Crippen molar-refractivity contribution in [1.29, 1.82) is 0 Å². The third kappa shape index (κ3) is 4.38. The first-order valence-electron chi connectivity index (χ1n) is 11.1. The summed E-state index contributed by atoms with van der Waals surface area (Å²) < 4.78 is 1.81. The highest BCUT2D eigenvalue weighted by Crippen LogP contribution is 2.47. The lowest BCUT2D eigenvalue weighted by molar-refractivity contribution is 0.103. The first kappa shape index (κ1) is 23.0. The molecule has 0 amide bonds. The zero-order chi connectivity index (χ0) is 23.4. The van der Waals surface area contributed by atoms with Crippen LogP contribution in [0, 0.1) is 0 Å². The summed E-state index contributed by atoms with van der Waals surface area (Å²) in [7, 11) is 0. The fourth-order valence-corrected chi connectivity index (χ4v) is 4.22. The largest absolute Gasteiger partial charge is 0.507 e. The zero-order valence-corrected chi connectivity index (χ0v) is 18.3. The van der Waals surface area contributed by atoms with Gasteiger partial charge in [0, 0.05) is 43.8 Å². The lowest BCUT2D eigenvalue weighted by Crippen LogP contribution is -2.25. The lowest BCUT2D eigenvalue weighted by atomic mass is 9.85. The smallest absolute Gasteiger partial charge is 0.200 e. The van der Waals surface area contributed by atoms with Crippen LogP contribution in [-0.4, -0.2) is 81.9 Å². The van der Waals surface area contributed by atoms with Crippen molar-refractivity contribution < 1.29 is 25.2 Å². The summed E-state index contributed by atoms with van der Waals surface area (Å²) in [5.74, 6) is -0.676. The number of fused-ring (bicyclic) bond motifs is 2. The van der Waals surface area contributed by atoms with Crippen LogP contribution >= 0.6 is 0 Å². The number of nitrogens with zero attached hydrogens (tertiary/aromatic N) is 2. The van der Waals surface area contributed by atoms with E-state index in [4.69, 9.17) is 15.3 Å². The summed E-state index contributed by atoms with van der Waals surface area (Å²) in [5, 5.41) is 53.7. The van der Waals surface area contributed by atoms with Gasteiger partial charge in [0.1, 0.15) is 17.2 Å². The number of phenols is 2. The molecule has 0 saturated heterocycles. The van der Waals surface area contributed by atoms with Crippen LogP contribution in [0.3, 0.4) is 0 Å². The van der Waals surface area contributed by atoms with Crippen molar-refractivity contribution in [3.05, 3.63) is 35.4 Å². The van der Waals surface area contributed by atoms with Gasteiger partial charge in [0.2, 0.25) is 0 Å². The monoisotopic (exact) mass is 455 g/mol. The number of anilines is 1. The van der Waals surface area contributed by atoms with Gasteiger partial charge in [-0.3, -0.25) is 9.48 Å². The first-order valence-corrected chi connectivity index (χ1v) is 11.1. The molecule has 0 saturated carbocycles. The molecule has 4 rings (SSSR count). The van der Waals surface area contributed by atoms with E-state index in [1.54, 1.807) is 0 Å². The van der Waals surface area contributed by atoms with Crippen LogP contribution < -0.4 is 16.0 Å². The van der Waals surface area contributed by atoms with Crippen molar-refractivity contribution in [1.82, 2.24) is 20.4 Å². The molecule has 7 N–H and O–H groups in total. The second-order valence-electron chi connectivity index (χ2n) is 7.86. The highest BCUT2D eigenvalue weighted by molar-refractivity contribution is 6.29. The molecule has 10 heteroatoms. The zero-order valence-electron chi connectivity index (χ0n) is 18.3. The number of rotatable bonds is 12. The Morgan fingerprint density at radius 3 is 2.24 bits per heavy atom. The van der Waals surface area contributed by atoms with Gasteiger partial charge in [-0.2, -0.15) is 5.10 Å². The number of hydrogen-bond donors (Lipinski definition) is 7. The lowest BCUT2D eigenvalue weighted by Gasteiger charge is -2.20. The summed E-state index contributed by atoms with van der Waals surface area (Å²) >= 11 is 0. The quantitative estimate of drug-likeness (QED) is 0.120. The van der Waals surface area contributed by atoms with Crippen LogP contribution in [-0.2, 0) is 6.54 Å². The number of phenolic OH excluding ortho intramolecular Hbond substituents is 2. The Kier molecular flexibility index (Phi) is 7.09. The summed E-state index contributed by atoms with van der Waals surface area (Å²) in [5.41, 5.74) is 2.57. The molecule has 176 valence electrons. The number of carbonyl (C=O) groups is 1. The van der Waals surface area contributed by atoms with Gasteiger partial charge in [-0.15, -0.1) is 0 Å². The Hall–Kier alpha value is -3.18. The maximum atomic E-state index is 13.5. The van der Waals surface area contributed by atoms with Gasteiger partial charge in [0.25, 0.3) is 0 Å². The minimum Gasteiger partial charge on any atom is -0.507 e. The highest BCUT2D eigenvalue weighted by atomic mass is 16.3.